The lowest BCUT2D eigenvalue weighted by Gasteiger charge is -2.26. The number of halogens is 2. The van der Waals surface area contributed by atoms with Crippen molar-refractivity contribution in [3.05, 3.63) is 24.4 Å². The maximum atomic E-state index is 5.33. The molecule has 6 heteroatoms. The van der Waals surface area contributed by atoms with E-state index in [4.69, 9.17) is 4.74 Å². The average molecular weight is 400 g/mol. The quantitative estimate of drug-likeness (QED) is 0.355. The summed E-state index contributed by atoms with van der Waals surface area (Å²) in [6.45, 7) is 6.13. The second kappa shape index (κ2) is 10.7. The van der Waals surface area contributed by atoms with Gasteiger partial charge in [-0.05, 0) is 12.5 Å². The third-order valence-corrected chi connectivity index (χ3v) is 3.12. The minimum Gasteiger partial charge on any atom is -1.00 e. The molecule has 0 bridgehead atoms. The van der Waals surface area contributed by atoms with E-state index in [2.05, 4.69) is 40.2 Å². The molecule has 110 valence electrons. The summed E-state index contributed by atoms with van der Waals surface area (Å²) in [6.07, 6.45) is 3.24. The Morgan fingerprint density at radius 1 is 1.32 bits per heavy atom. The van der Waals surface area contributed by atoms with Gasteiger partial charge in [-0.15, -0.1) is 12.4 Å². The Morgan fingerprint density at radius 3 is 2.74 bits per heavy atom. The van der Waals surface area contributed by atoms with Gasteiger partial charge in [-0.2, -0.15) is 0 Å². The zero-order valence-electron chi connectivity index (χ0n) is 11.3. The van der Waals surface area contributed by atoms with Gasteiger partial charge in [0.25, 0.3) is 5.82 Å². The molecule has 1 N–H and O–H groups in total. The van der Waals surface area contributed by atoms with E-state index >= 15 is 0 Å². The van der Waals surface area contributed by atoms with Crippen LogP contribution in [0.2, 0.25) is 0 Å². The van der Waals surface area contributed by atoms with Crippen LogP contribution >= 0.6 is 12.4 Å². The molecular formula is C13H23ClIN3O. The molecule has 2 heterocycles. The van der Waals surface area contributed by atoms with E-state index in [0.717, 1.165) is 39.4 Å². The number of pyridine rings is 1. The van der Waals surface area contributed by atoms with Crippen LogP contribution in [-0.2, 0) is 11.8 Å². The fourth-order valence-corrected chi connectivity index (χ4v) is 2.05. The van der Waals surface area contributed by atoms with Gasteiger partial charge in [0.1, 0.15) is 0 Å². The van der Waals surface area contributed by atoms with Crippen LogP contribution < -0.4 is 33.9 Å². The molecule has 19 heavy (non-hydrogen) atoms. The highest BCUT2D eigenvalue weighted by molar-refractivity contribution is 5.85. The largest absolute Gasteiger partial charge is 1.00 e. The molecule has 0 atom stereocenters. The summed E-state index contributed by atoms with van der Waals surface area (Å²) in [5, 5.41) is 3.46. The van der Waals surface area contributed by atoms with Crippen LogP contribution in [0.5, 0.6) is 0 Å². The third kappa shape index (κ3) is 6.74. The molecule has 2 rings (SSSR count). The molecule has 1 saturated heterocycles. The lowest BCUT2D eigenvalue weighted by molar-refractivity contribution is -0.657. The van der Waals surface area contributed by atoms with Crippen LogP contribution in [0.4, 0.5) is 5.82 Å². The molecule has 0 saturated carbocycles. The van der Waals surface area contributed by atoms with Crippen molar-refractivity contribution in [2.45, 2.75) is 6.42 Å². The molecular weight excluding hydrogens is 377 g/mol. The number of hydrogen-bond acceptors (Lipinski definition) is 3. The minimum atomic E-state index is 0. The van der Waals surface area contributed by atoms with Gasteiger partial charge < -0.3 is 28.7 Å². The first-order valence-corrected chi connectivity index (χ1v) is 6.35. The van der Waals surface area contributed by atoms with E-state index in [-0.39, 0.29) is 36.4 Å². The number of ether oxygens (including phenoxy) is 1. The Kier molecular flexibility index (Phi) is 10.6. The van der Waals surface area contributed by atoms with E-state index < -0.39 is 0 Å². The Balaban J connectivity index is 0.00000162. The first kappa shape index (κ1) is 18.9. The summed E-state index contributed by atoms with van der Waals surface area (Å²) < 4.78 is 7.44. The number of aromatic nitrogens is 1. The highest BCUT2D eigenvalue weighted by Gasteiger charge is 2.10. The maximum Gasteiger partial charge on any atom is 0.274 e. The second-order valence-electron chi connectivity index (χ2n) is 4.43. The van der Waals surface area contributed by atoms with Crippen molar-refractivity contribution in [1.82, 2.24) is 4.90 Å². The highest BCUT2D eigenvalue weighted by atomic mass is 127. The van der Waals surface area contributed by atoms with Gasteiger partial charge in [-0.3, -0.25) is 10.2 Å². The van der Waals surface area contributed by atoms with Crippen LogP contribution in [0.25, 0.3) is 0 Å². The van der Waals surface area contributed by atoms with Crippen molar-refractivity contribution in [3.8, 4) is 0 Å². The SMILES string of the molecule is C[n+]1ccccc1NCCCN1CCOCC1.Cl.[I-]. The third-order valence-electron chi connectivity index (χ3n) is 3.12. The topological polar surface area (TPSA) is 28.4 Å². The van der Waals surface area contributed by atoms with Gasteiger partial charge in [0.05, 0.1) is 33.0 Å². The van der Waals surface area contributed by atoms with Crippen molar-refractivity contribution in [3.63, 3.8) is 0 Å². The van der Waals surface area contributed by atoms with Crippen molar-refractivity contribution in [2.24, 2.45) is 7.05 Å². The number of nitrogens with one attached hydrogen (secondary N) is 1. The average Bonchev–Trinajstić information content (AvgIpc) is 2.38. The lowest BCUT2D eigenvalue weighted by Crippen LogP contribution is -3.00. The fraction of sp³-hybridized carbons (Fsp3) is 0.615. The van der Waals surface area contributed by atoms with Gasteiger partial charge in [0.2, 0.25) is 0 Å². The lowest BCUT2D eigenvalue weighted by atomic mass is 10.3. The maximum absolute atomic E-state index is 5.33. The molecule has 0 unspecified atom stereocenters. The van der Waals surface area contributed by atoms with Crippen molar-refractivity contribution in [1.29, 1.82) is 0 Å². The number of morpholine rings is 1. The van der Waals surface area contributed by atoms with Gasteiger partial charge in [0, 0.05) is 25.7 Å². The Bertz CT molecular complexity index is 348. The number of anilines is 1. The fourth-order valence-electron chi connectivity index (χ4n) is 2.05. The minimum absolute atomic E-state index is 0. The van der Waals surface area contributed by atoms with Crippen LogP contribution in [0.3, 0.4) is 0 Å². The van der Waals surface area contributed by atoms with Crippen molar-refractivity contribution < 1.29 is 33.3 Å². The molecule has 0 radical (unpaired) electrons. The standard InChI is InChI=1S/C13H21N3O.ClH.HI/c1-15-7-3-2-5-13(15)14-6-4-8-16-9-11-17-12-10-16;;/h2-3,5,7H,4,6,8-12H2,1H3;2*1H. The van der Waals surface area contributed by atoms with Crippen LogP contribution in [0.1, 0.15) is 6.42 Å². The summed E-state index contributed by atoms with van der Waals surface area (Å²) >= 11 is 0. The number of rotatable bonds is 5. The van der Waals surface area contributed by atoms with Crippen molar-refractivity contribution >= 4 is 18.2 Å². The van der Waals surface area contributed by atoms with E-state index in [1.54, 1.807) is 0 Å². The summed E-state index contributed by atoms with van der Waals surface area (Å²) in [5.74, 6) is 1.18. The molecule has 1 fully saturated rings. The number of aryl methyl sites for hydroxylation is 1. The van der Waals surface area contributed by atoms with E-state index in [9.17, 15) is 0 Å². The summed E-state index contributed by atoms with van der Waals surface area (Å²) in [5.41, 5.74) is 0. The molecule has 0 aromatic carbocycles. The summed E-state index contributed by atoms with van der Waals surface area (Å²) in [7, 11) is 2.06. The van der Waals surface area contributed by atoms with Gasteiger partial charge in [-0.1, -0.05) is 6.07 Å². The van der Waals surface area contributed by atoms with E-state index in [1.807, 2.05) is 6.07 Å². The monoisotopic (exact) mass is 399 g/mol. The smallest absolute Gasteiger partial charge is 0.274 e. The number of hydrogen-bond donors (Lipinski definition) is 1. The van der Waals surface area contributed by atoms with Crippen LogP contribution in [-0.4, -0.2) is 44.3 Å². The van der Waals surface area contributed by atoms with E-state index in [1.165, 1.54) is 12.2 Å². The normalized spacial score (nSPS) is 15.2. The summed E-state index contributed by atoms with van der Waals surface area (Å²) in [4.78, 5) is 2.47. The van der Waals surface area contributed by atoms with Crippen LogP contribution in [0, 0.1) is 0 Å². The van der Waals surface area contributed by atoms with Gasteiger partial charge in [-0.25, -0.2) is 4.57 Å². The molecule has 1 aromatic heterocycles. The van der Waals surface area contributed by atoms with E-state index in [0.29, 0.717) is 0 Å². The molecule has 1 aliphatic heterocycles. The second-order valence-corrected chi connectivity index (χ2v) is 4.43. The molecule has 1 aliphatic rings. The predicted molar refractivity (Wildman–Crippen MR) is 75.2 cm³/mol. The van der Waals surface area contributed by atoms with Crippen LogP contribution in [0.15, 0.2) is 24.4 Å². The number of nitrogens with zero attached hydrogens (tertiary/aromatic N) is 2. The zero-order valence-corrected chi connectivity index (χ0v) is 14.3. The van der Waals surface area contributed by atoms with Gasteiger partial charge in [0.15, 0.2) is 0 Å². The first-order chi connectivity index (χ1) is 8.36. The first-order valence-electron chi connectivity index (χ1n) is 6.35. The van der Waals surface area contributed by atoms with Gasteiger partial charge >= 0.3 is 0 Å². The highest BCUT2D eigenvalue weighted by Crippen LogP contribution is 2.00. The predicted octanol–water partition coefficient (Wildman–Crippen LogP) is -1.93. The molecule has 0 spiro atoms. The molecule has 0 aliphatic carbocycles. The van der Waals surface area contributed by atoms with Crippen molar-refractivity contribution in [2.75, 3.05) is 44.7 Å². The Labute approximate surface area is 138 Å². The molecule has 1 aromatic rings. The molecule has 0 amide bonds. The zero-order chi connectivity index (χ0) is 11.9. The molecule has 4 nitrogen and oxygen atoms in total. The summed E-state index contributed by atoms with van der Waals surface area (Å²) in [6, 6.07) is 6.21. The Hall–Kier alpha value is -0.110. The Morgan fingerprint density at radius 2 is 2.05 bits per heavy atom.